The van der Waals surface area contributed by atoms with Gasteiger partial charge in [0.15, 0.2) is 6.10 Å². The molecular weight excluding hydrogens is 769 g/mol. The highest BCUT2D eigenvalue weighted by molar-refractivity contribution is 5.71. The molecule has 0 spiro atoms. The Balaban J connectivity index is 4.53. The van der Waals surface area contributed by atoms with E-state index in [1.54, 1.807) is 0 Å². The minimum Gasteiger partial charge on any atom is -0.462 e. The molecule has 0 aromatic carbocycles. The largest absolute Gasteiger partial charge is 0.462 e. The van der Waals surface area contributed by atoms with Crippen LogP contribution in [0.2, 0.25) is 0 Å². The number of allylic oxidation sites excluding steroid dienone is 14. The third kappa shape index (κ3) is 47.6. The lowest BCUT2D eigenvalue weighted by Crippen LogP contribution is -2.30. The van der Waals surface area contributed by atoms with Gasteiger partial charge in [-0.15, -0.1) is 0 Å². The number of hydrogen-bond acceptors (Lipinski definition) is 6. The Morgan fingerprint density at radius 2 is 0.597 bits per heavy atom. The van der Waals surface area contributed by atoms with Crippen LogP contribution in [0.1, 0.15) is 233 Å². The summed E-state index contributed by atoms with van der Waals surface area (Å²) in [7, 11) is 0. The molecule has 0 saturated heterocycles. The SMILES string of the molecule is CCCCC/C=C\C/C=C\C/C=C\C/C=C\CCCC(=O)OC[C@@H](COC(=O)CCCCCCCCCCCCCC)OC(=O)CCCC/C=C\C/C=C\C/C=C\CCCCC. The summed E-state index contributed by atoms with van der Waals surface area (Å²) in [5.74, 6) is -1.01. The molecule has 0 saturated carbocycles. The topological polar surface area (TPSA) is 78.9 Å². The van der Waals surface area contributed by atoms with Gasteiger partial charge in [-0.25, -0.2) is 0 Å². The van der Waals surface area contributed by atoms with E-state index < -0.39 is 6.10 Å². The summed E-state index contributed by atoms with van der Waals surface area (Å²) in [4.78, 5) is 37.9. The maximum Gasteiger partial charge on any atom is 0.306 e. The van der Waals surface area contributed by atoms with Crippen molar-refractivity contribution >= 4 is 17.9 Å². The Kier molecular flexibility index (Phi) is 47.5. The smallest absolute Gasteiger partial charge is 0.306 e. The van der Waals surface area contributed by atoms with Crippen molar-refractivity contribution in [1.82, 2.24) is 0 Å². The zero-order chi connectivity index (χ0) is 45.1. The molecule has 0 aromatic rings. The molecule has 0 aliphatic heterocycles. The van der Waals surface area contributed by atoms with E-state index in [0.29, 0.717) is 19.3 Å². The number of rotatable bonds is 45. The molecule has 0 amide bonds. The van der Waals surface area contributed by atoms with E-state index in [0.717, 1.165) is 70.6 Å². The Labute approximate surface area is 382 Å². The molecule has 0 aromatic heterocycles. The van der Waals surface area contributed by atoms with E-state index >= 15 is 0 Å². The first-order valence-electron chi connectivity index (χ1n) is 25.6. The fraction of sp³-hybridized carbons (Fsp3) is 0.696. The highest BCUT2D eigenvalue weighted by atomic mass is 16.6. The molecule has 0 aliphatic rings. The molecule has 0 unspecified atom stereocenters. The minimum atomic E-state index is -0.816. The Morgan fingerprint density at radius 1 is 0.323 bits per heavy atom. The Bertz CT molecular complexity index is 1220. The van der Waals surface area contributed by atoms with Gasteiger partial charge in [0.05, 0.1) is 0 Å². The van der Waals surface area contributed by atoms with Crippen molar-refractivity contribution in [2.45, 2.75) is 239 Å². The predicted molar refractivity (Wildman–Crippen MR) is 265 cm³/mol. The Morgan fingerprint density at radius 3 is 1.00 bits per heavy atom. The number of unbranched alkanes of at least 4 members (excludes halogenated alkanes) is 20. The van der Waals surface area contributed by atoms with Gasteiger partial charge in [-0.1, -0.05) is 202 Å². The second-order valence-corrected chi connectivity index (χ2v) is 16.7. The van der Waals surface area contributed by atoms with E-state index in [-0.39, 0.29) is 44.0 Å². The van der Waals surface area contributed by atoms with Crippen molar-refractivity contribution in [2.24, 2.45) is 0 Å². The van der Waals surface area contributed by atoms with Gasteiger partial charge in [0.1, 0.15) is 13.2 Å². The lowest BCUT2D eigenvalue weighted by Gasteiger charge is -2.18. The number of carbonyl (C=O) groups excluding carboxylic acids is 3. The summed E-state index contributed by atoms with van der Waals surface area (Å²) in [5, 5.41) is 0. The molecule has 0 N–H and O–H groups in total. The van der Waals surface area contributed by atoms with E-state index in [1.165, 1.54) is 109 Å². The Hall–Kier alpha value is -3.41. The predicted octanol–water partition coefficient (Wildman–Crippen LogP) is 16.8. The normalized spacial score (nSPS) is 12.8. The molecule has 6 nitrogen and oxygen atoms in total. The van der Waals surface area contributed by atoms with Crippen LogP contribution >= 0.6 is 0 Å². The quantitative estimate of drug-likeness (QED) is 0.0263. The van der Waals surface area contributed by atoms with Gasteiger partial charge in [0.25, 0.3) is 0 Å². The summed E-state index contributed by atoms with van der Waals surface area (Å²) in [6.45, 7) is 6.49. The van der Waals surface area contributed by atoms with E-state index in [9.17, 15) is 14.4 Å². The summed E-state index contributed by atoms with van der Waals surface area (Å²) in [6.07, 6.45) is 64.3. The first-order valence-corrected chi connectivity index (χ1v) is 25.6. The minimum absolute atomic E-state index is 0.108. The van der Waals surface area contributed by atoms with Gasteiger partial charge in [-0.2, -0.15) is 0 Å². The van der Waals surface area contributed by atoms with Crippen molar-refractivity contribution < 1.29 is 28.6 Å². The van der Waals surface area contributed by atoms with E-state index in [2.05, 4.69) is 106 Å². The summed E-state index contributed by atoms with van der Waals surface area (Å²) in [5.41, 5.74) is 0. The molecular formula is C56H94O6. The third-order valence-electron chi connectivity index (χ3n) is 10.6. The zero-order valence-corrected chi connectivity index (χ0v) is 40.4. The summed E-state index contributed by atoms with van der Waals surface area (Å²) in [6, 6.07) is 0. The molecule has 0 fully saturated rings. The van der Waals surface area contributed by atoms with E-state index in [4.69, 9.17) is 14.2 Å². The number of hydrogen-bond donors (Lipinski definition) is 0. The summed E-state index contributed by atoms with van der Waals surface area (Å²) >= 11 is 0. The molecule has 0 heterocycles. The second kappa shape index (κ2) is 50.2. The van der Waals surface area contributed by atoms with Crippen LogP contribution in [0.5, 0.6) is 0 Å². The maximum absolute atomic E-state index is 12.8. The van der Waals surface area contributed by atoms with Gasteiger partial charge in [-0.3, -0.25) is 14.4 Å². The molecule has 0 aliphatic carbocycles. The third-order valence-corrected chi connectivity index (χ3v) is 10.6. The maximum atomic E-state index is 12.8. The van der Waals surface area contributed by atoms with Gasteiger partial charge in [-0.05, 0) is 96.3 Å². The van der Waals surface area contributed by atoms with Crippen LogP contribution < -0.4 is 0 Å². The van der Waals surface area contributed by atoms with Crippen LogP contribution in [-0.2, 0) is 28.6 Å². The van der Waals surface area contributed by atoms with Gasteiger partial charge < -0.3 is 14.2 Å². The second-order valence-electron chi connectivity index (χ2n) is 16.7. The van der Waals surface area contributed by atoms with Gasteiger partial charge in [0.2, 0.25) is 0 Å². The van der Waals surface area contributed by atoms with Crippen molar-refractivity contribution in [3.63, 3.8) is 0 Å². The number of esters is 3. The lowest BCUT2D eigenvalue weighted by atomic mass is 10.0. The lowest BCUT2D eigenvalue weighted by molar-refractivity contribution is -0.167. The fourth-order valence-corrected chi connectivity index (χ4v) is 6.73. The van der Waals surface area contributed by atoms with Crippen molar-refractivity contribution in [3.8, 4) is 0 Å². The van der Waals surface area contributed by atoms with Gasteiger partial charge >= 0.3 is 17.9 Å². The monoisotopic (exact) mass is 863 g/mol. The molecule has 62 heavy (non-hydrogen) atoms. The first-order chi connectivity index (χ1) is 30.5. The fourth-order valence-electron chi connectivity index (χ4n) is 6.73. The first kappa shape index (κ1) is 58.6. The molecule has 1 atom stereocenters. The average Bonchev–Trinajstić information content (AvgIpc) is 3.27. The highest BCUT2D eigenvalue weighted by Crippen LogP contribution is 2.14. The molecule has 0 radical (unpaired) electrons. The molecule has 6 heteroatoms. The van der Waals surface area contributed by atoms with Crippen LogP contribution in [0.25, 0.3) is 0 Å². The van der Waals surface area contributed by atoms with Crippen LogP contribution in [0.4, 0.5) is 0 Å². The molecule has 0 rings (SSSR count). The van der Waals surface area contributed by atoms with E-state index in [1.807, 2.05) is 0 Å². The molecule has 0 bridgehead atoms. The van der Waals surface area contributed by atoms with Crippen molar-refractivity contribution in [1.29, 1.82) is 0 Å². The highest BCUT2D eigenvalue weighted by Gasteiger charge is 2.19. The van der Waals surface area contributed by atoms with Crippen molar-refractivity contribution in [3.05, 3.63) is 85.1 Å². The van der Waals surface area contributed by atoms with Gasteiger partial charge in [0, 0.05) is 19.3 Å². The molecule has 354 valence electrons. The average molecular weight is 863 g/mol. The number of ether oxygens (including phenoxy) is 3. The number of carbonyl (C=O) groups is 3. The van der Waals surface area contributed by atoms with Crippen LogP contribution in [0.3, 0.4) is 0 Å². The summed E-state index contributed by atoms with van der Waals surface area (Å²) < 4.78 is 16.7. The van der Waals surface area contributed by atoms with Crippen molar-refractivity contribution in [2.75, 3.05) is 13.2 Å². The standard InChI is InChI=1S/C56H94O6/c1-4-7-10-13-16-19-22-25-27-28-30-31-34-37-40-43-46-49-55(58)61-52-53(51-60-54(57)48-45-42-39-36-33-24-21-18-15-12-9-6-3)62-56(59)50-47-44-41-38-35-32-29-26-23-20-17-14-11-8-5-2/h16-17,19-20,25-27,29-31,35,37-38,40,53H,4-15,18,21-24,28,32-34,36,39,41-52H2,1-3H3/b19-16-,20-17-,27-25-,29-26-,31-30-,38-35-,40-37-/t53-/m1/s1. The zero-order valence-electron chi connectivity index (χ0n) is 40.4. The van der Waals surface area contributed by atoms with Crippen LogP contribution in [0.15, 0.2) is 85.1 Å². The van der Waals surface area contributed by atoms with Crippen LogP contribution in [0, 0.1) is 0 Å². The van der Waals surface area contributed by atoms with Crippen LogP contribution in [-0.4, -0.2) is 37.2 Å².